The number of nitrogens with zero attached hydrogens (tertiary/aromatic N) is 2. The monoisotopic (exact) mass is 241 g/mol. The highest BCUT2D eigenvalue weighted by Gasteiger charge is 2.03. The number of hydrogen-bond donors (Lipinski definition) is 2. The molecule has 88 valence electrons. The van der Waals surface area contributed by atoms with E-state index in [1.165, 1.54) is 12.4 Å². The molecule has 6 heteroatoms. The Hall–Kier alpha value is -1.30. The van der Waals surface area contributed by atoms with Gasteiger partial charge in [0, 0.05) is 6.54 Å². The maximum absolute atomic E-state index is 10.5. The molecule has 0 atom stereocenters. The lowest BCUT2D eigenvalue weighted by molar-refractivity contribution is 0.0690. The van der Waals surface area contributed by atoms with Gasteiger partial charge in [-0.15, -0.1) is 0 Å². The Labute approximate surface area is 98.7 Å². The number of hydrogen-bond acceptors (Lipinski definition) is 5. The summed E-state index contributed by atoms with van der Waals surface area (Å²) in [5, 5.41) is 11.7. The minimum Gasteiger partial charge on any atom is -0.476 e. The van der Waals surface area contributed by atoms with E-state index in [4.69, 9.17) is 5.11 Å². The quantitative estimate of drug-likeness (QED) is 0.708. The van der Waals surface area contributed by atoms with Crippen LogP contribution < -0.4 is 5.32 Å². The molecule has 0 spiro atoms. The molecule has 0 radical (unpaired) electrons. The number of aromatic carboxylic acids is 1. The summed E-state index contributed by atoms with van der Waals surface area (Å²) in [6, 6.07) is 0. The molecule has 0 aliphatic carbocycles. The summed E-state index contributed by atoms with van der Waals surface area (Å²) in [4.78, 5) is 18.2. The lowest BCUT2D eigenvalue weighted by Crippen LogP contribution is -2.07. The molecule has 1 aromatic rings. The average Bonchev–Trinajstić information content (AvgIpc) is 2.29. The summed E-state index contributed by atoms with van der Waals surface area (Å²) >= 11 is 1.90. The van der Waals surface area contributed by atoms with Gasteiger partial charge in [-0.25, -0.2) is 14.8 Å². The second kappa shape index (κ2) is 7.05. The summed E-state index contributed by atoms with van der Waals surface area (Å²) in [5.41, 5.74) is -0.0351. The van der Waals surface area contributed by atoms with Crippen molar-refractivity contribution < 1.29 is 9.90 Å². The van der Waals surface area contributed by atoms with Crippen LogP contribution in [0.4, 0.5) is 5.82 Å². The summed E-state index contributed by atoms with van der Waals surface area (Å²) in [6.45, 7) is 2.96. The van der Waals surface area contributed by atoms with Gasteiger partial charge in [-0.1, -0.05) is 6.92 Å². The van der Waals surface area contributed by atoms with Crippen LogP contribution in [0.5, 0.6) is 0 Å². The lowest BCUT2D eigenvalue weighted by atomic mass is 10.4. The molecule has 1 heterocycles. The number of nitrogens with one attached hydrogen (secondary N) is 1. The molecule has 0 amide bonds. The predicted molar refractivity (Wildman–Crippen MR) is 65.1 cm³/mol. The highest BCUT2D eigenvalue weighted by Crippen LogP contribution is 2.03. The standard InChI is InChI=1S/C10H15N3O2S/c1-2-16-5-3-4-11-9-7-12-8(6-13-9)10(14)15/h6-7H,2-5H2,1H3,(H,11,13)(H,14,15). The van der Waals surface area contributed by atoms with Crippen LogP contribution in [0.15, 0.2) is 12.4 Å². The molecule has 0 fully saturated rings. The maximum atomic E-state index is 10.5. The lowest BCUT2D eigenvalue weighted by Gasteiger charge is -2.04. The van der Waals surface area contributed by atoms with Gasteiger partial charge in [0.2, 0.25) is 0 Å². The number of carboxylic acid groups (broad SMARTS) is 1. The zero-order valence-electron chi connectivity index (χ0n) is 9.14. The van der Waals surface area contributed by atoms with Gasteiger partial charge < -0.3 is 10.4 Å². The SMILES string of the molecule is CCSCCCNc1cnc(C(=O)O)cn1. The molecular formula is C10H15N3O2S. The summed E-state index contributed by atoms with van der Waals surface area (Å²) in [5.74, 6) is 1.81. The number of aromatic nitrogens is 2. The third-order valence-electron chi connectivity index (χ3n) is 1.85. The van der Waals surface area contributed by atoms with Crippen LogP contribution >= 0.6 is 11.8 Å². The Bertz CT molecular complexity index is 329. The van der Waals surface area contributed by atoms with Gasteiger partial charge in [-0.3, -0.25) is 0 Å². The number of thioether (sulfide) groups is 1. The Morgan fingerprint density at radius 2 is 2.31 bits per heavy atom. The number of rotatable bonds is 7. The van der Waals surface area contributed by atoms with Crippen LogP contribution in [0.3, 0.4) is 0 Å². The molecule has 0 saturated carbocycles. The first-order valence-corrected chi connectivity index (χ1v) is 6.26. The molecule has 16 heavy (non-hydrogen) atoms. The van der Waals surface area contributed by atoms with E-state index < -0.39 is 5.97 Å². The fourth-order valence-electron chi connectivity index (χ4n) is 1.06. The number of carboxylic acids is 1. The largest absolute Gasteiger partial charge is 0.476 e. The van der Waals surface area contributed by atoms with Gasteiger partial charge in [-0.05, 0) is 17.9 Å². The fraction of sp³-hybridized carbons (Fsp3) is 0.500. The molecule has 1 rings (SSSR count). The van der Waals surface area contributed by atoms with E-state index in [9.17, 15) is 4.79 Å². The second-order valence-electron chi connectivity index (χ2n) is 3.07. The minimum absolute atomic E-state index is 0.0351. The van der Waals surface area contributed by atoms with Gasteiger partial charge >= 0.3 is 5.97 Å². The zero-order valence-corrected chi connectivity index (χ0v) is 9.96. The van der Waals surface area contributed by atoms with E-state index in [0.717, 1.165) is 24.5 Å². The minimum atomic E-state index is -1.06. The van der Waals surface area contributed by atoms with Gasteiger partial charge in [-0.2, -0.15) is 11.8 Å². The fourth-order valence-corrected chi connectivity index (χ4v) is 1.70. The highest BCUT2D eigenvalue weighted by molar-refractivity contribution is 7.99. The van der Waals surface area contributed by atoms with E-state index in [2.05, 4.69) is 22.2 Å². The van der Waals surface area contributed by atoms with E-state index >= 15 is 0 Å². The van der Waals surface area contributed by atoms with E-state index in [1.807, 2.05) is 11.8 Å². The highest BCUT2D eigenvalue weighted by atomic mass is 32.2. The van der Waals surface area contributed by atoms with Crippen molar-refractivity contribution >= 4 is 23.5 Å². The normalized spacial score (nSPS) is 10.1. The smallest absolute Gasteiger partial charge is 0.356 e. The third kappa shape index (κ3) is 4.48. The number of anilines is 1. The maximum Gasteiger partial charge on any atom is 0.356 e. The molecule has 0 saturated heterocycles. The van der Waals surface area contributed by atoms with Gasteiger partial charge in [0.05, 0.1) is 12.4 Å². The molecule has 0 aliphatic heterocycles. The molecule has 0 aromatic carbocycles. The summed E-state index contributed by atoms with van der Waals surface area (Å²) < 4.78 is 0. The van der Waals surface area contributed by atoms with Crippen molar-refractivity contribution in [2.75, 3.05) is 23.4 Å². The van der Waals surface area contributed by atoms with Crippen molar-refractivity contribution in [2.45, 2.75) is 13.3 Å². The molecule has 2 N–H and O–H groups in total. The van der Waals surface area contributed by atoms with Crippen molar-refractivity contribution in [2.24, 2.45) is 0 Å². The van der Waals surface area contributed by atoms with Crippen molar-refractivity contribution in [1.82, 2.24) is 9.97 Å². The Balaban J connectivity index is 2.29. The van der Waals surface area contributed by atoms with Gasteiger partial charge in [0.15, 0.2) is 5.69 Å². The van der Waals surface area contributed by atoms with Crippen LogP contribution in [0.2, 0.25) is 0 Å². The summed E-state index contributed by atoms with van der Waals surface area (Å²) in [6.07, 6.45) is 3.75. The van der Waals surface area contributed by atoms with Crippen LogP contribution in [0.25, 0.3) is 0 Å². The molecule has 5 nitrogen and oxygen atoms in total. The Morgan fingerprint density at radius 1 is 1.50 bits per heavy atom. The first kappa shape index (κ1) is 12.8. The predicted octanol–water partition coefficient (Wildman–Crippen LogP) is 1.73. The molecule has 0 unspecified atom stereocenters. The molecule has 1 aromatic heterocycles. The molecule has 0 bridgehead atoms. The van der Waals surface area contributed by atoms with E-state index in [-0.39, 0.29) is 5.69 Å². The first-order chi connectivity index (χ1) is 7.74. The van der Waals surface area contributed by atoms with Crippen molar-refractivity contribution in [1.29, 1.82) is 0 Å². The van der Waals surface area contributed by atoms with Crippen molar-refractivity contribution in [3.8, 4) is 0 Å². The van der Waals surface area contributed by atoms with E-state index in [1.54, 1.807) is 0 Å². The van der Waals surface area contributed by atoms with E-state index in [0.29, 0.717) is 5.82 Å². The van der Waals surface area contributed by atoms with Crippen molar-refractivity contribution in [3.63, 3.8) is 0 Å². The van der Waals surface area contributed by atoms with Crippen molar-refractivity contribution in [3.05, 3.63) is 18.1 Å². The topological polar surface area (TPSA) is 75.1 Å². The third-order valence-corrected chi connectivity index (χ3v) is 2.83. The first-order valence-electron chi connectivity index (χ1n) is 5.11. The van der Waals surface area contributed by atoms with Crippen LogP contribution in [0.1, 0.15) is 23.8 Å². The van der Waals surface area contributed by atoms with Crippen LogP contribution in [-0.4, -0.2) is 39.1 Å². The summed E-state index contributed by atoms with van der Waals surface area (Å²) in [7, 11) is 0. The van der Waals surface area contributed by atoms with Gasteiger partial charge in [0.1, 0.15) is 5.82 Å². The second-order valence-corrected chi connectivity index (χ2v) is 4.46. The van der Waals surface area contributed by atoms with Crippen LogP contribution in [-0.2, 0) is 0 Å². The molecular weight excluding hydrogens is 226 g/mol. The van der Waals surface area contributed by atoms with Gasteiger partial charge in [0.25, 0.3) is 0 Å². The zero-order chi connectivity index (χ0) is 11.8. The molecule has 0 aliphatic rings. The average molecular weight is 241 g/mol. The number of carbonyl (C=O) groups is 1. The van der Waals surface area contributed by atoms with Crippen LogP contribution in [0, 0.1) is 0 Å². The Morgan fingerprint density at radius 3 is 2.88 bits per heavy atom. The Kier molecular flexibility index (Phi) is 5.63.